The van der Waals surface area contributed by atoms with Crippen molar-refractivity contribution >= 4 is 22.5 Å². The smallest absolute Gasteiger partial charge is 0.256 e. The summed E-state index contributed by atoms with van der Waals surface area (Å²) in [4.78, 5) is 12.1. The summed E-state index contributed by atoms with van der Waals surface area (Å²) in [5.74, 6) is 0.290. The van der Waals surface area contributed by atoms with Gasteiger partial charge in [0.2, 0.25) is 0 Å². The predicted molar refractivity (Wildman–Crippen MR) is 73.9 cm³/mol. The molecule has 0 fully saturated rings. The molecule has 4 heteroatoms. The van der Waals surface area contributed by atoms with Crippen molar-refractivity contribution in [2.24, 2.45) is 0 Å². The van der Waals surface area contributed by atoms with Gasteiger partial charge in [0, 0.05) is 16.3 Å². The van der Waals surface area contributed by atoms with E-state index >= 15 is 0 Å². The number of benzene rings is 2. The monoisotopic (exact) mass is 249 g/mol. The van der Waals surface area contributed by atoms with E-state index in [0.717, 1.165) is 10.8 Å². The van der Waals surface area contributed by atoms with Gasteiger partial charge in [-0.3, -0.25) is 4.79 Å². The zero-order chi connectivity index (χ0) is 13.1. The molecule has 0 aliphatic heterocycles. The average Bonchev–Trinajstić information content (AvgIpc) is 2.48. The first-order chi connectivity index (χ1) is 9.34. The second-order valence-electron chi connectivity index (χ2n) is 4.10. The number of anilines is 1. The minimum absolute atomic E-state index is 0.189. The summed E-state index contributed by atoms with van der Waals surface area (Å²) in [5.41, 5.74) is 0.595. The van der Waals surface area contributed by atoms with Gasteiger partial charge >= 0.3 is 0 Å². The number of carbonyl (C=O) groups excluding carboxylic acids is 1. The van der Waals surface area contributed by atoms with Crippen molar-refractivity contribution in [3.63, 3.8) is 0 Å². The molecular formula is C15H11N3O. The predicted octanol–water partition coefficient (Wildman–Crippen LogP) is 2.88. The van der Waals surface area contributed by atoms with Crippen molar-refractivity contribution in [3.8, 4) is 0 Å². The molecule has 3 rings (SSSR count). The molecular weight excluding hydrogens is 238 g/mol. The number of aromatic nitrogens is 2. The minimum Gasteiger partial charge on any atom is -0.305 e. The second kappa shape index (κ2) is 4.86. The van der Waals surface area contributed by atoms with E-state index in [1.807, 2.05) is 42.5 Å². The number of rotatable bonds is 2. The van der Waals surface area contributed by atoms with Crippen molar-refractivity contribution in [2.45, 2.75) is 0 Å². The molecule has 2 aromatic carbocycles. The van der Waals surface area contributed by atoms with Gasteiger partial charge in [0.15, 0.2) is 5.82 Å². The molecule has 1 heterocycles. The number of nitrogens with one attached hydrogen (secondary N) is 1. The minimum atomic E-state index is -0.189. The maximum atomic E-state index is 12.1. The van der Waals surface area contributed by atoms with Crippen LogP contribution in [0.25, 0.3) is 10.8 Å². The molecule has 92 valence electrons. The fourth-order valence-corrected chi connectivity index (χ4v) is 1.89. The molecule has 1 amide bonds. The molecule has 0 aliphatic rings. The maximum absolute atomic E-state index is 12.1. The van der Waals surface area contributed by atoms with Crippen molar-refractivity contribution in [1.29, 1.82) is 0 Å². The quantitative estimate of drug-likeness (QED) is 0.759. The molecule has 19 heavy (non-hydrogen) atoms. The third-order valence-electron chi connectivity index (χ3n) is 2.84. The Labute approximate surface area is 110 Å². The lowest BCUT2D eigenvalue weighted by Gasteiger charge is -2.06. The Morgan fingerprint density at radius 2 is 1.68 bits per heavy atom. The third kappa shape index (κ3) is 2.28. The molecule has 0 radical (unpaired) electrons. The first-order valence-electron chi connectivity index (χ1n) is 5.91. The Morgan fingerprint density at radius 3 is 2.53 bits per heavy atom. The van der Waals surface area contributed by atoms with Crippen LogP contribution >= 0.6 is 0 Å². The highest BCUT2D eigenvalue weighted by atomic mass is 16.1. The Morgan fingerprint density at radius 1 is 0.947 bits per heavy atom. The summed E-state index contributed by atoms with van der Waals surface area (Å²) in [5, 5.41) is 12.5. The fourth-order valence-electron chi connectivity index (χ4n) is 1.89. The van der Waals surface area contributed by atoms with Gasteiger partial charge in [0.1, 0.15) is 0 Å². The van der Waals surface area contributed by atoms with Crippen LogP contribution in [0.1, 0.15) is 10.4 Å². The van der Waals surface area contributed by atoms with Crippen LogP contribution in [0.3, 0.4) is 0 Å². The average molecular weight is 249 g/mol. The lowest BCUT2D eigenvalue weighted by atomic mass is 10.2. The molecule has 3 aromatic rings. The first-order valence-corrected chi connectivity index (χ1v) is 5.91. The zero-order valence-electron chi connectivity index (χ0n) is 10.1. The van der Waals surface area contributed by atoms with E-state index in [0.29, 0.717) is 11.4 Å². The number of hydrogen-bond acceptors (Lipinski definition) is 3. The Hall–Kier alpha value is -2.75. The third-order valence-corrected chi connectivity index (χ3v) is 2.84. The van der Waals surface area contributed by atoms with Crippen LogP contribution in [0.2, 0.25) is 0 Å². The second-order valence-corrected chi connectivity index (χ2v) is 4.10. The van der Waals surface area contributed by atoms with E-state index in [-0.39, 0.29) is 5.91 Å². The van der Waals surface area contributed by atoms with Gasteiger partial charge < -0.3 is 5.32 Å². The van der Waals surface area contributed by atoms with Crippen LogP contribution in [0, 0.1) is 0 Å². The normalized spacial score (nSPS) is 10.3. The Kier molecular flexibility index (Phi) is 2.90. The summed E-state index contributed by atoms with van der Waals surface area (Å²) in [7, 11) is 0. The van der Waals surface area contributed by atoms with Gasteiger partial charge in [-0.25, -0.2) is 0 Å². The van der Waals surface area contributed by atoms with Crippen LogP contribution in [-0.4, -0.2) is 16.1 Å². The van der Waals surface area contributed by atoms with Crippen LogP contribution in [-0.2, 0) is 0 Å². The molecule has 0 spiro atoms. The van der Waals surface area contributed by atoms with E-state index in [1.165, 1.54) is 0 Å². The van der Waals surface area contributed by atoms with Crippen molar-refractivity contribution in [1.82, 2.24) is 10.2 Å². The van der Waals surface area contributed by atoms with Crippen molar-refractivity contribution < 1.29 is 4.79 Å². The molecule has 1 N–H and O–H groups in total. The SMILES string of the molecule is O=C(Nc1nncc2ccccc12)c1ccccc1. The zero-order valence-corrected chi connectivity index (χ0v) is 10.1. The molecule has 1 aromatic heterocycles. The highest BCUT2D eigenvalue weighted by Crippen LogP contribution is 2.19. The Balaban J connectivity index is 1.96. The summed E-state index contributed by atoms with van der Waals surface area (Å²) in [6.45, 7) is 0. The van der Waals surface area contributed by atoms with Crippen LogP contribution in [0.5, 0.6) is 0 Å². The summed E-state index contributed by atoms with van der Waals surface area (Å²) in [6.07, 6.45) is 1.67. The van der Waals surface area contributed by atoms with Crippen LogP contribution in [0.15, 0.2) is 60.8 Å². The van der Waals surface area contributed by atoms with Gasteiger partial charge in [-0.2, -0.15) is 5.10 Å². The first kappa shape index (κ1) is 11.3. The number of amides is 1. The van der Waals surface area contributed by atoms with Gasteiger partial charge in [0.25, 0.3) is 5.91 Å². The summed E-state index contributed by atoms with van der Waals surface area (Å²) < 4.78 is 0. The highest BCUT2D eigenvalue weighted by molar-refractivity contribution is 6.07. The molecule has 0 bridgehead atoms. The molecule has 0 atom stereocenters. The summed E-state index contributed by atoms with van der Waals surface area (Å²) >= 11 is 0. The van der Waals surface area contributed by atoms with Crippen LogP contribution in [0.4, 0.5) is 5.82 Å². The molecule has 0 aliphatic carbocycles. The van der Waals surface area contributed by atoms with Gasteiger partial charge in [-0.1, -0.05) is 42.5 Å². The molecule has 0 unspecified atom stereocenters. The van der Waals surface area contributed by atoms with E-state index in [4.69, 9.17) is 0 Å². The number of fused-ring (bicyclic) bond motifs is 1. The fraction of sp³-hybridized carbons (Fsp3) is 0. The van der Waals surface area contributed by atoms with Gasteiger partial charge in [0.05, 0.1) is 6.20 Å². The van der Waals surface area contributed by atoms with Crippen LogP contribution < -0.4 is 5.32 Å². The molecule has 0 saturated heterocycles. The van der Waals surface area contributed by atoms with Crippen molar-refractivity contribution in [2.75, 3.05) is 5.32 Å². The lowest BCUT2D eigenvalue weighted by Crippen LogP contribution is -2.13. The van der Waals surface area contributed by atoms with E-state index in [2.05, 4.69) is 15.5 Å². The van der Waals surface area contributed by atoms with Crippen molar-refractivity contribution in [3.05, 3.63) is 66.4 Å². The summed E-state index contributed by atoms with van der Waals surface area (Å²) in [6, 6.07) is 16.7. The van der Waals surface area contributed by atoms with Gasteiger partial charge in [-0.05, 0) is 12.1 Å². The molecule has 0 saturated carbocycles. The van der Waals surface area contributed by atoms with E-state index in [1.54, 1.807) is 18.3 Å². The highest BCUT2D eigenvalue weighted by Gasteiger charge is 2.09. The van der Waals surface area contributed by atoms with Gasteiger partial charge in [-0.15, -0.1) is 5.10 Å². The largest absolute Gasteiger partial charge is 0.305 e. The standard InChI is InChI=1S/C15H11N3O/c19-15(11-6-2-1-3-7-11)17-14-13-9-5-4-8-12(13)10-16-18-14/h1-10H,(H,17,18,19). The number of carbonyl (C=O) groups is 1. The van der Waals surface area contributed by atoms with E-state index in [9.17, 15) is 4.79 Å². The number of nitrogens with zero attached hydrogens (tertiary/aromatic N) is 2. The topological polar surface area (TPSA) is 54.9 Å². The van der Waals surface area contributed by atoms with E-state index < -0.39 is 0 Å². The maximum Gasteiger partial charge on any atom is 0.256 e. The lowest BCUT2D eigenvalue weighted by molar-refractivity contribution is 0.102. The Bertz CT molecular complexity index is 720. The molecule has 4 nitrogen and oxygen atoms in total. The number of hydrogen-bond donors (Lipinski definition) is 1.